The minimum Gasteiger partial charge on any atom is -0.452 e. The Morgan fingerprint density at radius 3 is 2.39 bits per heavy atom. The average Bonchev–Trinajstić information content (AvgIpc) is 3.00. The Balaban J connectivity index is 1.52. The zero-order chi connectivity index (χ0) is 20.3. The standard InChI is InChI=1S/C21H26FN3O3/c1-4-25-15(2)13-17(16(25)3)21(27)28-14-20(26)24-11-9-23(10-12-24)19-8-6-5-7-18(19)22/h5-8,13H,4,9-12,14H2,1-3H3. The van der Waals surface area contributed by atoms with Crippen LogP contribution in [0.2, 0.25) is 0 Å². The number of hydrogen-bond donors (Lipinski definition) is 0. The highest BCUT2D eigenvalue weighted by atomic mass is 19.1. The first-order chi connectivity index (χ1) is 13.4. The quantitative estimate of drug-likeness (QED) is 0.741. The van der Waals surface area contributed by atoms with Gasteiger partial charge in [-0.25, -0.2) is 9.18 Å². The van der Waals surface area contributed by atoms with E-state index in [4.69, 9.17) is 4.74 Å². The number of piperazine rings is 1. The molecule has 0 N–H and O–H groups in total. The van der Waals surface area contributed by atoms with Crippen LogP contribution in [0.5, 0.6) is 0 Å². The minimum absolute atomic E-state index is 0.231. The minimum atomic E-state index is -0.480. The van der Waals surface area contributed by atoms with Gasteiger partial charge < -0.3 is 19.1 Å². The molecule has 3 rings (SSSR count). The van der Waals surface area contributed by atoms with E-state index in [0.717, 1.165) is 17.9 Å². The first-order valence-electron chi connectivity index (χ1n) is 9.53. The van der Waals surface area contributed by atoms with Gasteiger partial charge in [0.15, 0.2) is 6.61 Å². The van der Waals surface area contributed by atoms with Crippen LogP contribution in [-0.4, -0.2) is 54.1 Å². The van der Waals surface area contributed by atoms with Crippen molar-refractivity contribution in [3.05, 3.63) is 53.1 Å². The number of hydrogen-bond acceptors (Lipinski definition) is 4. The number of carbonyl (C=O) groups is 2. The number of benzene rings is 1. The smallest absolute Gasteiger partial charge is 0.340 e. The fourth-order valence-electron chi connectivity index (χ4n) is 3.70. The molecule has 2 aromatic rings. The van der Waals surface area contributed by atoms with Crippen molar-refractivity contribution < 1.29 is 18.7 Å². The number of rotatable bonds is 5. The number of para-hydroxylation sites is 1. The van der Waals surface area contributed by atoms with Crippen molar-refractivity contribution in [3.8, 4) is 0 Å². The van der Waals surface area contributed by atoms with Crippen LogP contribution in [0.4, 0.5) is 10.1 Å². The fraction of sp³-hybridized carbons (Fsp3) is 0.429. The zero-order valence-electron chi connectivity index (χ0n) is 16.6. The van der Waals surface area contributed by atoms with Gasteiger partial charge in [0, 0.05) is 44.1 Å². The molecule has 2 heterocycles. The Morgan fingerprint density at radius 2 is 1.79 bits per heavy atom. The molecule has 0 bridgehead atoms. The molecule has 150 valence electrons. The van der Waals surface area contributed by atoms with Gasteiger partial charge in [0.25, 0.3) is 5.91 Å². The molecule has 7 heteroatoms. The van der Waals surface area contributed by atoms with E-state index in [-0.39, 0.29) is 18.3 Å². The molecule has 1 saturated heterocycles. The third kappa shape index (κ3) is 4.03. The lowest BCUT2D eigenvalue weighted by atomic mass is 10.2. The number of aromatic nitrogens is 1. The number of aryl methyl sites for hydroxylation is 1. The lowest BCUT2D eigenvalue weighted by molar-refractivity contribution is -0.134. The van der Waals surface area contributed by atoms with E-state index in [1.165, 1.54) is 6.07 Å². The molecule has 0 unspecified atom stereocenters. The largest absolute Gasteiger partial charge is 0.452 e. The molecule has 0 radical (unpaired) electrons. The number of esters is 1. The number of anilines is 1. The van der Waals surface area contributed by atoms with Crippen LogP contribution in [0.25, 0.3) is 0 Å². The predicted octanol–water partition coefficient (Wildman–Crippen LogP) is 2.77. The molecule has 0 spiro atoms. The summed E-state index contributed by atoms with van der Waals surface area (Å²) in [5.74, 6) is -0.974. The summed E-state index contributed by atoms with van der Waals surface area (Å²) in [6.07, 6.45) is 0. The van der Waals surface area contributed by atoms with Gasteiger partial charge in [-0.15, -0.1) is 0 Å². The van der Waals surface area contributed by atoms with E-state index in [1.807, 2.05) is 30.2 Å². The maximum absolute atomic E-state index is 13.9. The zero-order valence-corrected chi connectivity index (χ0v) is 16.6. The summed E-state index contributed by atoms with van der Waals surface area (Å²) in [7, 11) is 0. The molecule has 1 fully saturated rings. The number of amides is 1. The molecule has 28 heavy (non-hydrogen) atoms. The molecule has 1 aromatic heterocycles. The van der Waals surface area contributed by atoms with Gasteiger partial charge in [0.2, 0.25) is 0 Å². The lowest BCUT2D eigenvalue weighted by Crippen LogP contribution is -2.50. The van der Waals surface area contributed by atoms with Crippen LogP contribution < -0.4 is 4.90 Å². The Morgan fingerprint density at radius 1 is 1.11 bits per heavy atom. The van der Waals surface area contributed by atoms with E-state index in [9.17, 15) is 14.0 Å². The van der Waals surface area contributed by atoms with E-state index in [1.54, 1.807) is 29.2 Å². The maximum atomic E-state index is 13.9. The summed E-state index contributed by atoms with van der Waals surface area (Å²) in [4.78, 5) is 28.3. The van der Waals surface area contributed by atoms with Crippen LogP contribution in [0.1, 0.15) is 28.7 Å². The molecule has 0 aliphatic carbocycles. The van der Waals surface area contributed by atoms with Crippen molar-refractivity contribution in [1.29, 1.82) is 0 Å². The van der Waals surface area contributed by atoms with Crippen molar-refractivity contribution in [2.24, 2.45) is 0 Å². The number of carbonyl (C=O) groups excluding carboxylic acids is 2. The van der Waals surface area contributed by atoms with Crippen molar-refractivity contribution in [2.45, 2.75) is 27.3 Å². The van der Waals surface area contributed by atoms with Crippen molar-refractivity contribution >= 4 is 17.6 Å². The molecule has 1 aromatic carbocycles. The molecule has 1 amide bonds. The van der Waals surface area contributed by atoms with Crippen molar-refractivity contribution in [2.75, 3.05) is 37.7 Å². The van der Waals surface area contributed by atoms with Crippen molar-refractivity contribution in [1.82, 2.24) is 9.47 Å². The molecule has 6 nitrogen and oxygen atoms in total. The lowest BCUT2D eigenvalue weighted by Gasteiger charge is -2.36. The van der Waals surface area contributed by atoms with Crippen LogP contribution >= 0.6 is 0 Å². The Labute approximate surface area is 164 Å². The number of ether oxygens (including phenoxy) is 1. The second-order valence-corrected chi connectivity index (χ2v) is 6.92. The van der Waals surface area contributed by atoms with Gasteiger partial charge >= 0.3 is 5.97 Å². The summed E-state index contributed by atoms with van der Waals surface area (Å²) in [5, 5.41) is 0. The van der Waals surface area contributed by atoms with Crippen LogP contribution in [-0.2, 0) is 16.1 Å². The second kappa shape index (κ2) is 8.46. The van der Waals surface area contributed by atoms with Gasteiger partial charge in [-0.1, -0.05) is 12.1 Å². The topological polar surface area (TPSA) is 54.8 Å². The Bertz CT molecular complexity index is 870. The highest BCUT2D eigenvalue weighted by molar-refractivity contribution is 5.92. The normalized spacial score (nSPS) is 14.3. The molecular weight excluding hydrogens is 361 g/mol. The monoisotopic (exact) mass is 387 g/mol. The first kappa shape index (κ1) is 19.9. The van der Waals surface area contributed by atoms with Crippen LogP contribution in [0.3, 0.4) is 0 Å². The molecule has 0 saturated carbocycles. The summed E-state index contributed by atoms with van der Waals surface area (Å²) in [6, 6.07) is 8.41. The highest BCUT2D eigenvalue weighted by Crippen LogP contribution is 2.20. The average molecular weight is 387 g/mol. The third-order valence-corrected chi connectivity index (χ3v) is 5.26. The Kier molecular flexibility index (Phi) is 6.02. The first-order valence-corrected chi connectivity index (χ1v) is 9.53. The third-order valence-electron chi connectivity index (χ3n) is 5.26. The summed E-state index contributed by atoms with van der Waals surface area (Å²) >= 11 is 0. The second-order valence-electron chi connectivity index (χ2n) is 6.92. The molecular formula is C21H26FN3O3. The predicted molar refractivity (Wildman–Crippen MR) is 105 cm³/mol. The van der Waals surface area contributed by atoms with E-state index in [0.29, 0.717) is 37.4 Å². The number of nitrogens with zero attached hydrogens (tertiary/aromatic N) is 3. The summed E-state index contributed by atoms with van der Waals surface area (Å²) in [6.45, 7) is 8.33. The van der Waals surface area contributed by atoms with Gasteiger partial charge in [-0.2, -0.15) is 0 Å². The molecule has 0 atom stereocenters. The SMILES string of the molecule is CCn1c(C)cc(C(=O)OCC(=O)N2CCN(c3ccccc3F)CC2)c1C. The van der Waals surface area contributed by atoms with Gasteiger partial charge in [0.05, 0.1) is 11.3 Å². The van der Waals surface area contributed by atoms with E-state index < -0.39 is 5.97 Å². The van der Waals surface area contributed by atoms with Crippen LogP contribution in [0.15, 0.2) is 30.3 Å². The summed E-state index contributed by atoms with van der Waals surface area (Å²) < 4.78 is 21.2. The number of halogens is 1. The maximum Gasteiger partial charge on any atom is 0.340 e. The van der Waals surface area contributed by atoms with E-state index in [2.05, 4.69) is 0 Å². The summed E-state index contributed by atoms with van der Waals surface area (Å²) in [5.41, 5.74) is 2.88. The van der Waals surface area contributed by atoms with Crippen molar-refractivity contribution in [3.63, 3.8) is 0 Å². The van der Waals surface area contributed by atoms with Gasteiger partial charge in [0.1, 0.15) is 5.82 Å². The molecule has 1 aliphatic rings. The Hall–Kier alpha value is -2.83. The fourth-order valence-corrected chi connectivity index (χ4v) is 3.70. The highest BCUT2D eigenvalue weighted by Gasteiger charge is 2.24. The molecule has 1 aliphatic heterocycles. The van der Waals surface area contributed by atoms with Gasteiger partial charge in [-0.3, -0.25) is 4.79 Å². The van der Waals surface area contributed by atoms with E-state index >= 15 is 0 Å². The van der Waals surface area contributed by atoms with Crippen LogP contribution in [0, 0.1) is 19.7 Å². The van der Waals surface area contributed by atoms with Gasteiger partial charge in [-0.05, 0) is 39.0 Å².